The van der Waals surface area contributed by atoms with Gasteiger partial charge in [-0.3, -0.25) is 4.79 Å². The van der Waals surface area contributed by atoms with E-state index in [-0.39, 0.29) is 11.3 Å². The van der Waals surface area contributed by atoms with E-state index >= 15 is 0 Å². The van der Waals surface area contributed by atoms with Gasteiger partial charge in [-0.15, -0.1) is 0 Å². The first-order chi connectivity index (χ1) is 8.77. The zero-order valence-electron chi connectivity index (χ0n) is 13.1. The summed E-state index contributed by atoms with van der Waals surface area (Å²) in [7, 11) is 1.71. The summed E-state index contributed by atoms with van der Waals surface area (Å²) < 4.78 is 5.15. The van der Waals surface area contributed by atoms with E-state index in [0.717, 1.165) is 32.3 Å². The van der Waals surface area contributed by atoms with Crippen LogP contribution in [0.5, 0.6) is 0 Å². The minimum atomic E-state index is -0.610. The van der Waals surface area contributed by atoms with Crippen LogP contribution in [0.25, 0.3) is 0 Å². The first-order valence-corrected chi connectivity index (χ1v) is 7.49. The lowest BCUT2D eigenvalue weighted by Crippen LogP contribution is -2.38. The van der Waals surface area contributed by atoms with Crippen LogP contribution in [-0.4, -0.2) is 24.8 Å². The Morgan fingerprint density at radius 3 is 2.47 bits per heavy atom. The number of carboxylic acid groups (broad SMARTS) is 1. The largest absolute Gasteiger partial charge is 0.481 e. The van der Waals surface area contributed by atoms with Crippen molar-refractivity contribution >= 4 is 5.97 Å². The molecule has 0 aromatic carbocycles. The van der Waals surface area contributed by atoms with Gasteiger partial charge in [-0.25, -0.2) is 0 Å². The van der Waals surface area contributed by atoms with E-state index in [0.29, 0.717) is 17.8 Å². The van der Waals surface area contributed by atoms with E-state index in [1.807, 2.05) is 0 Å². The lowest BCUT2D eigenvalue weighted by atomic mass is 9.62. The molecule has 3 heteroatoms. The molecule has 0 saturated heterocycles. The highest BCUT2D eigenvalue weighted by atomic mass is 16.5. The second-order valence-corrected chi connectivity index (χ2v) is 7.24. The van der Waals surface area contributed by atoms with Crippen LogP contribution in [-0.2, 0) is 9.53 Å². The molecule has 1 aliphatic carbocycles. The predicted octanol–water partition coefficient (Wildman–Crippen LogP) is 3.82. The monoisotopic (exact) mass is 270 g/mol. The van der Waals surface area contributed by atoms with Gasteiger partial charge in [0.15, 0.2) is 0 Å². The average molecular weight is 270 g/mol. The molecule has 1 N–H and O–H groups in total. The second-order valence-electron chi connectivity index (χ2n) is 7.24. The molecule has 19 heavy (non-hydrogen) atoms. The van der Waals surface area contributed by atoms with Gasteiger partial charge in [0, 0.05) is 13.7 Å². The summed E-state index contributed by atoms with van der Waals surface area (Å²) in [5.41, 5.74) is 0.280. The molecule has 1 aliphatic rings. The maximum Gasteiger partial charge on any atom is 0.306 e. The van der Waals surface area contributed by atoms with E-state index in [4.69, 9.17) is 4.74 Å². The van der Waals surface area contributed by atoms with Crippen LogP contribution in [0.2, 0.25) is 0 Å². The lowest BCUT2D eigenvalue weighted by molar-refractivity contribution is -0.147. The Kier molecular flexibility index (Phi) is 5.84. The Morgan fingerprint density at radius 1 is 1.37 bits per heavy atom. The molecule has 0 heterocycles. The normalized spacial score (nSPS) is 30.1. The fourth-order valence-electron chi connectivity index (χ4n) is 3.45. The number of aliphatic carboxylic acids is 1. The first kappa shape index (κ1) is 16.5. The third-order valence-corrected chi connectivity index (χ3v) is 4.95. The first-order valence-electron chi connectivity index (χ1n) is 7.49. The average Bonchev–Trinajstić information content (AvgIpc) is 2.33. The molecular weight excluding hydrogens is 240 g/mol. The van der Waals surface area contributed by atoms with Gasteiger partial charge in [-0.05, 0) is 48.9 Å². The molecule has 4 atom stereocenters. The summed E-state index contributed by atoms with van der Waals surface area (Å²) in [6.45, 7) is 9.73. The molecule has 0 aromatic rings. The summed E-state index contributed by atoms with van der Waals surface area (Å²) in [4.78, 5) is 11.5. The van der Waals surface area contributed by atoms with Crippen LogP contribution in [0, 0.1) is 29.1 Å². The van der Waals surface area contributed by atoms with Crippen LogP contribution >= 0.6 is 0 Å². The number of methoxy groups -OCH3 is 1. The van der Waals surface area contributed by atoms with E-state index in [1.165, 1.54) is 0 Å². The Labute approximate surface area is 117 Å². The molecule has 1 saturated carbocycles. The van der Waals surface area contributed by atoms with Crippen LogP contribution in [0.3, 0.4) is 0 Å². The molecule has 0 bridgehead atoms. The minimum absolute atomic E-state index is 0.162. The van der Waals surface area contributed by atoms with Crippen molar-refractivity contribution < 1.29 is 14.6 Å². The van der Waals surface area contributed by atoms with Crippen LogP contribution in [0.4, 0.5) is 0 Å². The van der Waals surface area contributed by atoms with Crippen molar-refractivity contribution in [3.05, 3.63) is 0 Å². The number of hydrogen-bond donors (Lipinski definition) is 1. The van der Waals surface area contributed by atoms with E-state index in [2.05, 4.69) is 27.7 Å². The van der Waals surface area contributed by atoms with Crippen molar-refractivity contribution in [2.24, 2.45) is 29.1 Å². The Bertz CT molecular complexity index is 293. The molecule has 112 valence electrons. The zero-order valence-corrected chi connectivity index (χ0v) is 13.1. The molecule has 4 unspecified atom stereocenters. The molecule has 0 amide bonds. The molecule has 0 aromatic heterocycles. The SMILES string of the molecule is COCCC(C)C1CC(C(C)(C)C)CCC1C(=O)O. The van der Waals surface area contributed by atoms with Crippen molar-refractivity contribution in [3.63, 3.8) is 0 Å². The quantitative estimate of drug-likeness (QED) is 0.826. The van der Waals surface area contributed by atoms with E-state index in [9.17, 15) is 9.90 Å². The highest BCUT2D eigenvalue weighted by Crippen LogP contribution is 2.45. The summed E-state index contributed by atoms with van der Waals surface area (Å²) >= 11 is 0. The van der Waals surface area contributed by atoms with Crippen molar-refractivity contribution in [1.82, 2.24) is 0 Å². The highest BCUT2D eigenvalue weighted by molar-refractivity contribution is 5.70. The van der Waals surface area contributed by atoms with E-state index < -0.39 is 5.97 Å². The summed E-state index contributed by atoms with van der Waals surface area (Å²) in [5, 5.41) is 9.44. The smallest absolute Gasteiger partial charge is 0.306 e. The fourth-order valence-corrected chi connectivity index (χ4v) is 3.45. The van der Waals surface area contributed by atoms with Crippen LogP contribution < -0.4 is 0 Å². The predicted molar refractivity (Wildman–Crippen MR) is 77.1 cm³/mol. The van der Waals surface area contributed by atoms with Crippen molar-refractivity contribution in [1.29, 1.82) is 0 Å². The molecule has 1 rings (SSSR count). The van der Waals surface area contributed by atoms with Crippen molar-refractivity contribution in [2.75, 3.05) is 13.7 Å². The third kappa shape index (κ3) is 4.48. The Balaban J connectivity index is 2.76. The summed E-state index contributed by atoms with van der Waals surface area (Å²) in [5.74, 6) is 0.585. The number of hydrogen-bond acceptors (Lipinski definition) is 2. The number of carbonyl (C=O) groups is 1. The van der Waals surface area contributed by atoms with Crippen LogP contribution in [0.1, 0.15) is 53.4 Å². The summed E-state index contributed by atoms with van der Waals surface area (Å²) in [6.07, 6.45) is 3.89. The standard InChI is InChI=1S/C16H30O3/c1-11(8-9-19-5)14-10-12(16(2,3)4)6-7-13(14)15(17)18/h11-14H,6-10H2,1-5H3,(H,17,18). The number of rotatable bonds is 5. The van der Waals surface area contributed by atoms with Gasteiger partial charge in [0.05, 0.1) is 5.92 Å². The van der Waals surface area contributed by atoms with Crippen molar-refractivity contribution in [2.45, 2.75) is 53.4 Å². The summed E-state index contributed by atoms with van der Waals surface area (Å²) in [6, 6.07) is 0. The van der Waals surface area contributed by atoms with Gasteiger partial charge in [-0.2, -0.15) is 0 Å². The highest BCUT2D eigenvalue weighted by Gasteiger charge is 2.40. The number of ether oxygens (including phenoxy) is 1. The molecule has 0 aliphatic heterocycles. The van der Waals surface area contributed by atoms with Crippen LogP contribution in [0.15, 0.2) is 0 Å². The third-order valence-electron chi connectivity index (χ3n) is 4.95. The minimum Gasteiger partial charge on any atom is -0.481 e. The second kappa shape index (κ2) is 6.74. The molecule has 3 nitrogen and oxygen atoms in total. The molecule has 1 fully saturated rings. The lowest BCUT2D eigenvalue weighted by Gasteiger charge is -2.42. The van der Waals surface area contributed by atoms with Gasteiger partial charge in [-0.1, -0.05) is 27.7 Å². The maximum atomic E-state index is 11.5. The fraction of sp³-hybridized carbons (Fsp3) is 0.938. The molecule has 0 spiro atoms. The van der Waals surface area contributed by atoms with Gasteiger partial charge < -0.3 is 9.84 Å². The topological polar surface area (TPSA) is 46.5 Å². The Hall–Kier alpha value is -0.570. The van der Waals surface area contributed by atoms with Gasteiger partial charge >= 0.3 is 5.97 Å². The number of carboxylic acids is 1. The van der Waals surface area contributed by atoms with Gasteiger partial charge in [0.25, 0.3) is 0 Å². The Morgan fingerprint density at radius 2 is 2.00 bits per heavy atom. The van der Waals surface area contributed by atoms with E-state index in [1.54, 1.807) is 7.11 Å². The van der Waals surface area contributed by atoms with Crippen molar-refractivity contribution in [3.8, 4) is 0 Å². The zero-order chi connectivity index (χ0) is 14.6. The van der Waals surface area contributed by atoms with Gasteiger partial charge in [0.2, 0.25) is 0 Å². The maximum absolute atomic E-state index is 11.5. The molecule has 0 radical (unpaired) electrons. The molecular formula is C16H30O3. The van der Waals surface area contributed by atoms with Gasteiger partial charge in [0.1, 0.15) is 0 Å².